The molecule has 0 aliphatic rings. The zero-order chi connectivity index (χ0) is 21.3. The van der Waals surface area contributed by atoms with Crippen molar-refractivity contribution in [2.24, 2.45) is 5.92 Å². The minimum atomic E-state index is -6.10. The second kappa shape index (κ2) is 7.41. The normalized spacial score (nSPS) is 14.0. The Kier molecular flexibility index (Phi) is 5.74. The van der Waals surface area contributed by atoms with Crippen LogP contribution in [-0.4, -0.2) is 43.7 Å². The molecule has 0 saturated heterocycles. The van der Waals surface area contributed by atoms with E-state index in [0.29, 0.717) is 5.69 Å². The van der Waals surface area contributed by atoms with E-state index in [9.17, 15) is 36.2 Å². The Morgan fingerprint density at radius 1 is 1.25 bits per heavy atom. The van der Waals surface area contributed by atoms with Crippen LogP contribution in [0.4, 0.5) is 32.0 Å². The third kappa shape index (κ3) is 3.81. The zero-order valence-electron chi connectivity index (χ0n) is 14.6. The van der Waals surface area contributed by atoms with Gasteiger partial charge in [0.1, 0.15) is 0 Å². The van der Waals surface area contributed by atoms with Gasteiger partial charge < -0.3 is 10.4 Å². The van der Waals surface area contributed by atoms with Gasteiger partial charge in [-0.15, -0.1) is 0 Å². The van der Waals surface area contributed by atoms with Gasteiger partial charge in [-0.2, -0.15) is 31.4 Å². The molecule has 28 heavy (non-hydrogen) atoms. The molecule has 6 nitrogen and oxygen atoms in total. The van der Waals surface area contributed by atoms with Crippen LogP contribution in [0.25, 0.3) is 5.69 Å². The lowest BCUT2D eigenvalue weighted by molar-refractivity contribution is -0.380. The maximum atomic E-state index is 13.1. The fourth-order valence-corrected chi connectivity index (χ4v) is 2.65. The van der Waals surface area contributed by atoms with Gasteiger partial charge in [-0.05, 0) is 25.5 Å². The molecule has 0 fully saturated rings. The molecular formula is C16H16F6N4O2. The SMILES string of the molecule is CCC(C(=O)Nc1cn(-c2cccnc2)nc1C)C(O)(C(F)(F)F)C(F)(F)F. The maximum Gasteiger partial charge on any atom is 0.427 e. The molecule has 0 bridgehead atoms. The maximum absolute atomic E-state index is 13.1. The number of alkyl halides is 6. The number of aliphatic hydroxyl groups is 1. The van der Waals surface area contributed by atoms with Crippen LogP contribution in [0.15, 0.2) is 30.7 Å². The van der Waals surface area contributed by atoms with E-state index >= 15 is 0 Å². The fraction of sp³-hybridized carbons (Fsp3) is 0.438. The highest BCUT2D eigenvalue weighted by Crippen LogP contribution is 2.49. The molecule has 2 aromatic heterocycles. The number of hydrogen-bond acceptors (Lipinski definition) is 4. The summed E-state index contributed by atoms with van der Waals surface area (Å²) in [6, 6.07) is 3.19. The minimum Gasteiger partial charge on any atom is -0.373 e. The van der Waals surface area contributed by atoms with Crippen LogP contribution in [0.5, 0.6) is 0 Å². The predicted molar refractivity (Wildman–Crippen MR) is 85.6 cm³/mol. The van der Waals surface area contributed by atoms with Gasteiger partial charge >= 0.3 is 12.4 Å². The number of carbonyl (C=O) groups excluding carboxylic acids is 1. The van der Waals surface area contributed by atoms with E-state index in [1.807, 2.05) is 5.32 Å². The van der Waals surface area contributed by atoms with E-state index in [1.165, 1.54) is 30.2 Å². The molecule has 2 heterocycles. The average molecular weight is 410 g/mol. The highest BCUT2D eigenvalue weighted by molar-refractivity contribution is 5.94. The lowest BCUT2D eigenvalue weighted by Gasteiger charge is -2.37. The zero-order valence-corrected chi connectivity index (χ0v) is 14.6. The second-order valence-corrected chi connectivity index (χ2v) is 6.00. The van der Waals surface area contributed by atoms with Gasteiger partial charge in [-0.25, -0.2) is 4.68 Å². The van der Waals surface area contributed by atoms with E-state index in [4.69, 9.17) is 0 Å². The van der Waals surface area contributed by atoms with E-state index in [-0.39, 0.29) is 11.4 Å². The summed E-state index contributed by atoms with van der Waals surface area (Å²) in [5.74, 6) is -4.44. The average Bonchev–Trinajstić information content (AvgIpc) is 2.95. The Morgan fingerprint density at radius 2 is 1.86 bits per heavy atom. The first-order valence-electron chi connectivity index (χ1n) is 7.96. The molecule has 1 atom stereocenters. The number of aromatic nitrogens is 3. The van der Waals surface area contributed by atoms with Crippen molar-refractivity contribution in [2.45, 2.75) is 38.2 Å². The fourth-order valence-electron chi connectivity index (χ4n) is 2.65. The quantitative estimate of drug-likeness (QED) is 0.741. The number of aryl methyl sites for hydroxylation is 1. The monoisotopic (exact) mass is 410 g/mol. The molecule has 0 aromatic carbocycles. The highest BCUT2D eigenvalue weighted by atomic mass is 19.4. The second-order valence-electron chi connectivity index (χ2n) is 6.00. The molecule has 0 aliphatic heterocycles. The molecule has 0 radical (unpaired) electrons. The van der Waals surface area contributed by atoms with Crippen molar-refractivity contribution in [1.29, 1.82) is 0 Å². The van der Waals surface area contributed by atoms with E-state index in [0.717, 1.165) is 6.92 Å². The number of pyridine rings is 1. The van der Waals surface area contributed by atoms with Gasteiger partial charge in [0.15, 0.2) is 0 Å². The smallest absolute Gasteiger partial charge is 0.373 e. The number of amides is 1. The summed E-state index contributed by atoms with van der Waals surface area (Å²) >= 11 is 0. The first-order chi connectivity index (χ1) is 12.8. The van der Waals surface area contributed by atoms with E-state index in [2.05, 4.69) is 10.1 Å². The summed E-state index contributed by atoms with van der Waals surface area (Å²) in [5.41, 5.74) is -4.68. The molecule has 1 amide bonds. The molecule has 154 valence electrons. The van der Waals surface area contributed by atoms with Crippen molar-refractivity contribution in [3.63, 3.8) is 0 Å². The summed E-state index contributed by atoms with van der Waals surface area (Å²) in [6.45, 7) is 2.35. The van der Waals surface area contributed by atoms with Crippen LogP contribution in [0.1, 0.15) is 19.0 Å². The summed E-state index contributed by atoms with van der Waals surface area (Å²) in [6.07, 6.45) is -8.98. The van der Waals surface area contributed by atoms with Gasteiger partial charge in [-0.3, -0.25) is 9.78 Å². The summed E-state index contributed by atoms with van der Waals surface area (Å²) in [4.78, 5) is 16.1. The predicted octanol–water partition coefficient (Wildman–Crippen LogP) is 3.40. The first-order valence-corrected chi connectivity index (χ1v) is 7.96. The Labute approximate surface area is 155 Å². The third-order valence-electron chi connectivity index (χ3n) is 4.16. The van der Waals surface area contributed by atoms with Crippen LogP contribution in [-0.2, 0) is 4.79 Å². The van der Waals surface area contributed by atoms with Crippen molar-refractivity contribution in [1.82, 2.24) is 14.8 Å². The first kappa shape index (κ1) is 21.7. The van der Waals surface area contributed by atoms with Crippen molar-refractivity contribution >= 4 is 11.6 Å². The lowest BCUT2D eigenvalue weighted by atomic mass is 9.83. The van der Waals surface area contributed by atoms with Crippen LogP contribution >= 0.6 is 0 Å². The molecule has 2 N–H and O–H groups in total. The molecule has 12 heteroatoms. The molecule has 1 unspecified atom stereocenters. The largest absolute Gasteiger partial charge is 0.427 e. The van der Waals surface area contributed by atoms with Crippen molar-refractivity contribution in [2.75, 3.05) is 5.32 Å². The lowest BCUT2D eigenvalue weighted by Crippen LogP contribution is -2.64. The number of rotatable bonds is 5. The molecular weight excluding hydrogens is 394 g/mol. The Morgan fingerprint density at radius 3 is 2.32 bits per heavy atom. The molecule has 0 spiro atoms. The number of anilines is 1. The topological polar surface area (TPSA) is 80.0 Å². The molecule has 2 aromatic rings. The Balaban J connectivity index is 2.36. The number of halogens is 6. The number of carbonyl (C=O) groups is 1. The number of nitrogens with zero attached hydrogens (tertiary/aromatic N) is 3. The number of nitrogens with one attached hydrogen (secondary N) is 1. The van der Waals surface area contributed by atoms with Gasteiger partial charge in [-0.1, -0.05) is 6.92 Å². The standard InChI is InChI=1S/C16H16F6N4O2/c1-3-11(14(28,15(17,18)19)16(20,21)22)13(27)24-12-8-26(25-9(12)2)10-5-4-6-23-7-10/h4-8,11,28H,3H2,1-2H3,(H,24,27). The van der Waals surface area contributed by atoms with Crippen LogP contribution in [0.2, 0.25) is 0 Å². The van der Waals surface area contributed by atoms with Gasteiger partial charge in [0, 0.05) is 6.20 Å². The van der Waals surface area contributed by atoms with Gasteiger partial charge in [0.25, 0.3) is 5.60 Å². The number of hydrogen-bond donors (Lipinski definition) is 2. The Bertz CT molecular complexity index is 818. The van der Waals surface area contributed by atoms with E-state index < -0.39 is 36.2 Å². The van der Waals surface area contributed by atoms with Crippen molar-refractivity contribution in [3.05, 3.63) is 36.4 Å². The van der Waals surface area contributed by atoms with Gasteiger partial charge in [0.05, 0.1) is 35.4 Å². The summed E-state index contributed by atoms with van der Waals surface area (Å²) in [7, 11) is 0. The van der Waals surface area contributed by atoms with Gasteiger partial charge in [0.2, 0.25) is 5.91 Å². The van der Waals surface area contributed by atoms with Crippen molar-refractivity contribution in [3.8, 4) is 5.69 Å². The molecule has 0 aliphatic carbocycles. The third-order valence-corrected chi connectivity index (χ3v) is 4.16. The molecule has 0 saturated carbocycles. The van der Waals surface area contributed by atoms with Crippen LogP contribution in [0.3, 0.4) is 0 Å². The van der Waals surface area contributed by atoms with Crippen molar-refractivity contribution < 1.29 is 36.2 Å². The minimum absolute atomic E-state index is 0.0981. The van der Waals surface area contributed by atoms with E-state index in [1.54, 1.807) is 12.1 Å². The summed E-state index contributed by atoms with van der Waals surface area (Å²) in [5, 5.41) is 15.5. The summed E-state index contributed by atoms with van der Waals surface area (Å²) < 4.78 is 79.7. The van der Waals surface area contributed by atoms with Crippen LogP contribution in [0, 0.1) is 12.8 Å². The molecule has 2 rings (SSSR count). The Hall–Kier alpha value is -2.63. The van der Waals surface area contributed by atoms with Crippen LogP contribution < -0.4 is 5.32 Å². The highest BCUT2D eigenvalue weighted by Gasteiger charge is 2.74.